The summed E-state index contributed by atoms with van der Waals surface area (Å²) in [5.41, 5.74) is 9.76. The fraction of sp³-hybridized carbons (Fsp3) is 0. The van der Waals surface area contributed by atoms with Gasteiger partial charge in [-0.05, 0) is 59.2 Å². The zero-order chi connectivity index (χ0) is 29.7. The van der Waals surface area contributed by atoms with Gasteiger partial charge in [-0.25, -0.2) is 0 Å². The molecule has 0 spiro atoms. The first-order valence-corrected chi connectivity index (χ1v) is 16.0. The van der Waals surface area contributed by atoms with Crippen molar-refractivity contribution in [2.45, 2.75) is 0 Å². The summed E-state index contributed by atoms with van der Waals surface area (Å²) >= 11 is 1.85. The molecule has 9 aromatic rings. The topological polar surface area (TPSA) is 16.4 Å². The molecule has 0 saturated heterocycles. The van der Waals surface area contributed by atoms with Crippen LogP contribution in [0.3, 0.4) is 0 Å². The second-order valence-electron chi connectivity index (χ2n) is 11.3. The monoisotopic (exact) mass is 593 g/mol. The van der Waals surface area contributed by atoms with Crippen LogP contribution in [0.5, 0.6) is 0 Å². The van der Waals surface area contributed by atoms with E-state index in [0.717, 1.165) is 50.1 Å². The minimum absolute atomic E-state index is 0.874. The van der Waals surface area contributed by atoms with E-state index >= 15 is 0 Å². The number of rotatable bonds is 5. The number of fused-ring (bicyclic) bond motifs is 6. The third-order valence-corrected chi connectivity index (χ3v) is 9.82. The number of nitrogens with zero attached hydrogens (tertiary/aromatic N) is 1. The van der Waals surface area contributed by atoms with E-state index in [1.807, 2.05) is 11.3 Å². The van der Waals surface area contributed by atoms with E-state index in [1.54, 1.807) is 0 Å². The van der Waals surface area contributed by atoms with E-state index in [2.05, 4.69) is 169 Å². The molecule has 0 aliphatic heterocycles. The first-order valence-electron chi connectivity index (χ1n) is 15.2. The van der Waals surface area contributed by atoms with Gasteiger partial charge in [-0.1, -0.05) is 121 Å². The standard InChI is InChI=1S/C42H27NOS/c1-3-12-28(13-4-1)29-24-26-31(27-25-29)43(36-20-11-23-39-41(36)33-16-7-8-22-38(33)45-39)35-19-10-21-37-40(35)34-18-9-17-32(42(34)44-37)30-14-5-2-6-15-30/h1-27H. The first-order chi connectivity index (χ1) is 22.3. The number of thiophene rings is 1. The molecule has 2 aromatic heterocycles. The Morgan fingerprint density at radius 1 is 0.422 bits per heavy atom. The van der Waals surface area contributed by atoms with Crippen molar-refractivity contribution in [3.05, 3.63) is 164 Å². The van der Waals surface area contributed by atoms with Crippen LogP contribution in [0.15, 0.2) is 168 Å². The van der Waals surface area contributed by atoms with Crippen LogP contribution in [0.2, 0.25) is 0 Å². The van der Waals surface area contributed by atoms with Gasteiger partial charge in [0.1, 0.15) is 11.2 Å². The lowest BCUT2D eigenvalue weighted by Crippen LogP contribution is -2.10. The predicted molar refractivity (Wildman–Crippen MR) is 192 cm³/mol. The molecule has 0 N–H and O–H groups in total. The lowest BCUT2D eigenvalue weighted by molar-refractivity contribution is 0.670. The van der Waals surface area contributed by atoms with Crippen molar-refractivity contribution in [3.63, 3.8) is 0 Å². The molecule has 3 heteroatoms. The maximum Gasteiger partial charge on any atom is 0.143 e. The maximum absolute atomic E-state index is 6.70. The van der Waals surface area contributed by atoms with Gasteiger partial charge < -0.3 is 9.32 Å². The number of para-hydroxylation sites is 1. The smallest absolute Gasteiger partial charge is 0.143 e. The van der Waals surface area contributed by atoms with Crippen molar-refractivity contribution in [1.82, 2.24) is 0 Å². The van der Waals surface area contributed by atoms with Crippen LogP contribution >= 0.6 is 11.3 Å². The quantitative estimate of drug-likeness (QED) is 0.197. The molecule has 0 amide bonds. The van der Waals surface area contributed by atoms with Gasteiger partial charge >= 0.3 is 0 Å². The Balaban J connectivity index is 1.33. The fourth-order valence-electron chi connectivity index (χ4n) is 6.64. The van der Waals surface area contributed by atoms with Gasteiger partial charge in [0.05, 0.1) is 16.8 Å². The van der Waals surface area contributed by atoms with Gasteiger partial charge in [0.25, 0.3) is 0 Å². The number of anilines is 3. The van der Waals surface area contributed by atoms with Crippen LogP contribution in [-0.2, 0) is 0 Å². The molecule has 2 nitrogen and oxygen atoms in total. The van der Waals surface area contributed by atoms with Crippen molar-refractivity contribution in [2.75, 3.05) is 4.90 Å². The normalized spacial score (nSPS) is 11.6. The first kappa shape index (κ1) is 25.8. The summed E-state index contributed by atoms with van der Waals surface area (Å²) in [7, 11) is 0. The van der Waals surface area contributed by atoms with Crippen molar-refractivity contribution in [3.8, 4) is 22.3 Å². The SMILES string of the molecule is c1ccc(-c2ccc(N(c3cccc4oc5c(-c6ccccc6)cccc5c34)c3cccc4sc5ccccc5c34)cc2)cc1. The highest BCUT2D eigenvalue weighted by Crippen LogP contribution is 2.48. The van der Waals surface area contributed by atoms with Crippen LogP contribution in [0.4, 0.5) is 17.1 Å². The van der Waals surface area contributed by atoms with E-state index in [0.29, 0.717) is 0 Å². The third kappa shape index (κ3) is 4.24. The van der Waals surface area contributed by atoms with Crippen LogP contribution in [0.25, 0.3) is 64.4 Å². The zero-order valence-electron chi connectivity index (χ0n) is 24.4. The summed E-state index contributed by atoms with van der Waals surface area (Å²) in [6.07, 6.45) is 0. The summed E-state index contributed by atoms with van der Waals surface area (Å²) in [5.74, 6) is 0. The summed E-state index contributed by atoms with van der Waals surface area (Å²) < 4.78 is 9.26. The Hall–Kier alpha value is -5.64. The van der Waals surface area contributed by atoms with Crippen LogP contribution < -0.4 is 4.90 Å². The molecule has 0 radical (unpaired) electrons. The highest BCUT2D eigenvalue weighted by Gasteiger charge is 2.23. The van der Waals surface area contributed by atoms with E-state index in [9.17, 15) is 0 Å². The predicted octanol–water partition coefficient (Wildman–Crippen LogP) is 12.8. The molecule has 0 fully saturated rings. The largest absolute Gasteiger partial charge is 0.455 e. The second kappa shape index (κ2) is 10.5. The Kier molecular flexibility index (Phi) is 6.03. The number of furan rings is 1. The zero-order valence-corrected chi connectivity index (χ0v) is 25.2. The second-order valence-corrected chi connectivity index (χ2v) is 12.4. The summed E-state index contributed by atoms with van der Waals surface area (Å²) in [6, 6.07) is 58.3. The van der Waals surface area contributed by atoms with E-state index < -0.39 is 0 Å². The molecule has 0 atom stereocenters. The lowest BCUT2D eigenvalue weighted by Gasteiger charge is -2.27. The van der Waals surface area contributed by atoms with E-state index in [4.69, 9.17) is 4.42 Å². The molecule has 0 unspecified atom stereocenters. The molecule has 0 saturated carbocycles. The van der Waals surface area contributed by atoms with Gasteiger partial charge in [-0.15, -0.1) is 11.3 Å². The molecule has 0 aliphatic rings. The Bertz CT molecular complexity index is 2470. The molecule has 9 rings (SSSR count). The molecule has 2 heterocycles. The highest BCUT2D eigenvalue weighted by molar-refractivity contribution is 7.26. The van der Waals surface area contributed by atoms with Crippen molar-refractivity contribution in [1.29, 1.82) is 0 Å². The van der Waals surface area contributed by atoms with Crippen molar-refractivity contribution >= 4 is 70.5 Å². The number of hydrogen-bond acceptors (Lipinski definition) is 3. The molecule has 0 aliphatic carbocycles. The Morgan fingerprint density at radius 2 is 1.02 bits per heavy atom. The Morgan fingerprint density at radius 3 is 1.82 bits per heavy atom. The minimum atomic E-state index is 0.874. The molecule has 45 heavy (non-hydrogen) atoms. The van der Waals surface area contributed by atoms with Gasteiger partial charge in [-0.2, -0.15) is 0 Å². The summed E-state index contributed by atoms with van der Waals surface area (Å²) in [5, 5.41) is 4.75. The van der Waals surface area contributed by atoms with Crippen LogP contribution in [0.1, 0.15) is 0 Å². The molecule has 0 bridgehead atoms. The van der Waals surface area contributed by atoms with Gasteiger partial charge in [0.15, 0.2) is 0 Å². The lowest BCUT2D eigenvalue weighted by atomic mass is 10.0. The fourth-order valence-corrected chi connectivity index (χ4v) is 7.77. The van der Waals surface area contributed by atoms with Crippen LogP contribution in [-0.4, -0.2) is 0 Å². The highest BCUT2D eigenvalue weighted by atomic mass is 32.1. The Labute approximate surface area is 265 Å². The third-order valence-electron chi connectivity index (χ3n) is 8.68. The maximum atomic E-state index is 6.70. The molecule has 7 aromatic carbocycles. The van der Waals surface area contributed by atoms with Gasteiger partial charge in [0.2, 0.25) is 0 Å². The summed E-state index contributed by atoms with van der Waals surface area (Å²) in [6.45, 7) is 0. The average Bonchev–Trinajstić information content (AvgIpc) is 3.69. The van der Waals surface area contributed by atoms with Crippen molar-refractivity contribution < 1.29 is 4.42 Å². The average molecular weight is 594 g/mol. The van der Waals surface area contributed by atoms with E-state index in [-0.39, 0.29) is 0 Å². The number of hydrogen-bond donors (Lipinski definition) is 0. The minimum Gasteiger partial charge on any atom is -0.455 e. The van der Waals surface area contributed by atoms with Gasteiger partial charge in [0, 0.05) is 36.8 Å². The molecular weight excluding hydrogens is 567 g/mol. The summed E-state index contributed by atoms with van der Waals surface area (Å²) in [4.78, 5) is 2.42. The molecule has 212 valence electrons. The van der Waals surface area contributed by atoms with Gasteiger partial charge in [-0.3, -0.25) is 0 Å². The van der Waals surface area contributed by atoms with E-state index in [1.165, 1.54) is 31.3 Å². The van der Waals surface area contributed by atoms with Crippen molar-refractivity contribution in [2.24, 2.45) is 0 Å². The van der Waals surface area contributed by atoms with Crippen LogP contribution in [0, 0.1) is 0 Å². The molecular formula is C42H27NOS. The number of benzene rings is 7.